The van der Waals surface area contributed by atoms with Crippen molar-refractivity contribution in [1.29, 1.82) is 0 Å². The Morgan fingerprint density at radius 2 is 1.62 bits per heavy atom. The summed E-state index contributed by atoms with van der Waals surface area (Å²) in [5.74, 6) is 0.0210. The van der Waals surface area contributed by atoms with Gasteiger partial charge in [-0.15, -0.1) is 11.3 Å². The fourth-order valence-corrected chi connectivity index (χ4v) is 11.0. The van der Waals surface area contributed by atoms with Crippen molar-refractivity contribution in [2.45, 2.75) is 128 Å². The summed E-state index contributed by atoms with van der Waals surface area (Å²) in [4.78, 5) is 34.5. The molecule has 1 aromatic heterocycles. The van der Waals surface area contributed by atoms with Crippen molar-refractivity contribution in [3.05, 3.63) is 46.5 Å². The van der Waals surface area contributed by atoms with Crippen LogP contribution in [0.5, 0.6) is 5.75 Å². The van der Waals surface area contributed by atoms with Crippen molar-refractivity contribution >= 4 is 23.1 Å². The highest BCUT2D eigenvalue weighted by molar-refractivity contribution is 7.15. The molecule has 0 bridgehead atoms. The number of fused-ring (bicyclic) bond motifs is 8. The van der Waals surface area contributed by atoms with E-state index in [0.29, 0.717) is 0 Å². The van der Waals surface area contributed by atoms with E-state index in [-0.39, 0.29) is 83.7 Å². The molecule has 53 heavy (non-hydrogen) atoms. The number of hydrogen-bond donors (Lipinski definition) is 1. The number of aromatic nitrogens is 1. The molecule has 0 radical (unpaired) electrons. The summed E-state index contributed by atoms with van der Waals surface area (Å²) in [6.07, 6.45) is 5.96. The van der Waals surface area contributed by atoms with Gasteiger partial charge < -0.3 is 33.5 Å². The number of carbonyl (C=O) groups excluding carboxylic acids is 2. The second-order valence-corrected chi connectivity index (χ2v) is 16.9. The van der Waals surface area contributed by atoms with Crippen LogP contribution in [0.1, 0.15) is 101 Å². The molecule has 1 saturated carbocycles. The summed E-state index contributed by atoms with van der Waals surface area (Å²) in [6.45, 7) is 8.28. The number of aromatic hydroxyl groups is 1. The third kappa shape index (κ3) is 8.17. The van der Waals surface area contributed by atoms with Crippen molar-refractivity contribution in [3.8, 4) is 16.3 Å². The number of thiazole rings is 1. The van der Waals surface area contributed by atoms with Crippen LogP contribution in [0, 0.1) is 29.6 Å². The molecular formula is C42H59NO9S. The first kappa shape index (κ1) is 40.0. The van der Waals surface area contributed by atoms with Crippen LogP contribution in [0.2, 0.25) is 0 Å². The first-order chi connectivity index (χ1) is 25.5. The van der Waals surface area contributed by atoms with Crippen LogP contribution in [0.4, 0.5) is 0 Å². The number of ketones is 1. The molecule has 6 rings (SSSR count). The molecule has 1 saturated heterocycles. The number of cyclic esters (lactones) is 1. The van der Waals surface area contributed by atoms with Gasteiger partial charge >= 0.3 is 5.97 Å². The van der Waals surface area contributed by atoms with Crippen molar-refractivity contribution in [2.24, 2.45) is 29.6 Å². The van der Waals surface area contributed by atoms with Crippen LogP contribution in [0.25, 0.3) is 10.6 Å². The zero-order chi connectivity index (χ0) is 38.0. The van der Waals surface area contributed by atoms with E-state index >= 15 is 0 Å². The van der Waals surface area contributed by atoms with Crippen LogP contribution >= 0.6 is 11.3 Å². The van der Waals surface area contributed by atoms with Gasteiger partial charge in [0, 0.05) is 62.6 Å². The second-order valence-electron chi connectivity index (χ2n) is 15.9. The van der Waals surface area contributed by atoms with Gasteiger partial charge in [-0.25, -0.2) is 4.98 Å². The minimum Gasteiger partial charge on any atom is -0.508 e. The smallest absolute Gasteiger partial charge is 0.306 e. The normalized spacial score (nSPS) is 31.2. The Kier molecular flexibility index (Phi) is 13.1. The number of nitrogens with zero attached hydrogens (tertiary/aromatic N) is 1. The Hall–Kier alpha value is -2.67. The molecule has 5 unspecified atom stereocenters. The first-order valence-corrected chi connectivity index (χ1v) is 20.4. The van der Waals surface area contributed by atoms with Crippen LogP contribution in [0.15, 0.2) is 35.9 Å². The largest absolute Gasteiger partial charge is 0.508 e. The lowest BCUT2D eigenvalue weighted by Crippen LogP contribution is -2.51. The fourth-order valence-electron chi connectivity index (χ4n) is 9.69. The van der Waals surface area contributed by atoms with Crippen molar-refractivity contribution in [2.75, 3.05) is 28.4 Å². The number of Topliss-reactive ketones (excluding diaryl/α,β-unsaturated/α-hetero) is 1. The molecule has 2 fully saturated rings. The number of ether oxygens (including phenoxy) is 6. The van der Waals surface area contributed by atoms with Gasteiger partial charge in [0.1, 0.15) is 29.1 Å². The molecular weight excluding hydrogens is 695 g/mol. The third-order valence-corrected chi connectivity index (χ3v) is 13.6. The highest BCUT2D eigenvalue weighted by atomic mass is 32.1. The molecule has 3 aliphatic carbocycles. The van der Waals surface area contributed by atoms with Gasteiger partial charge in [-0.05, 0) is 86.1 Å². The molecule has 0 spiro atoms. The lowest BCUT2D eigenvalue weighted by atomic mass is 9.67. The number of benzene rings is 1. The number of phenolic OH excluding ortho intramolecular Hbond substituents is 1. The van der Waals surface area contributed by atoms with Crippen molar-refractivity contribution in [1.82, 2.24) is 4.98 Å². The number of hydrogen-bond acceptors (Lipinski definition) is 11. The van der Waals surface area contributed by atoms with E-state index in [2.05, 4.69) is 26.8 Å². The van der Waals surface area contributed by atoms with Crippen molar-refractivity contribution in [3.63, 3.8) is 0 Å². The monoisotopic (exact) mass is 753 g/mol. The average Bonchev–Trinajstić information content (AvgIpc) is 3.87. The Bertz CT molecular complexity index is 1590. The van der Waals surface area contributed by atoms with E-state index in [1.165, 1.54) is 4.88 Å². The molecule has 0 amide bonds. The summed E-state index contributed by atoms with van der Waals surface area (Å²) < 4.78 is 36.7. The van der Waals surface area contributed by atoms with E-state index in [1.807, 2.05) is 19.1 Å². The predicted molar refractivity (Wildman–Crippen MR) is 203 cm³/mol. The van der Waals surface area contributed by atoms with Gasteiger partial charge in [0.25, 0.3) is 0 Å². The van der Waals surface area contributed by atoms with E-state index in [9.17, 15) is 14.7 Å². The molecule has 10 nitrogen and oxygen atoms in total. The van der Waals surface area contributed by atoms with Gasteiger partial charge in [0.2, 0.25) is 0 Å². The fraction of sp³-hybridized carbons (Fsp3) is 0.690. The molecule has 4 aliphatic rings. The molecule has 292 valence electrons. The molecule has 1 aliphatic heterocycles. The minimum atomic E-state index is -0.712. The number of carbonyl (C=O) groups is 2. The summed E-state index contributed by atoms with van der Waals surface area (Å²) in [6, 6.07) is 7.14. The summed E-state index contributed by atoms with van der Waals surface area (Å²) in [5, 5.41) is 10.9. The molecule has 2 aromatic rings. The van der Waals surface area contributed by atoms with E-state index in [0.717, 1.165) is 66.8 Å². The summed E-state index contributed by atoms with van der Waals surface area (Å²) in [7, 11) is 6.61. The molecule has 1 aromatic carbocycles. The Labute approximate surface area is 318 Å². The summed E-state index contributed by atoms with van der Waals surface area (Å²) >= 11 is 1.68. The van der Waals surface area contributed by atoms with Crippen LogP contribution in [0.3, 0.4) is 0 Å². The number of esters is 1. The van der Waals surface area contributed by atoms with E-state index < -0.39 is 18.5 Å². The zero-order valence-electron chi connectivity index (χ0n) is 32.6. The molecule has 1 N–H and O–H groups in total. The Balaban J connectivity index is 1.37. The van der Waals surface area contributed by atoms with Crippen molar-refractivity contribution < 1.29 is 43.1 Å². The first-order valence-electron chi connectivity index (χ1n) is 19.5. The van der Waals surface area contributed by atoms with Gasteiger partial charge in [0.15, 0.2) is 12.1 Å². The predicted octanol–water partition coefficient (Wildman–Crippen LogP) is 7.83. The van der Waals surface area contributed by atoms with Gasteiger partial charge in [0.05, 0.1) is 24.3 Å². The van der Waals surface area contributed by atoms with Crippen LogP contribution < -0.4 is 0 Å². The highest BCUT2D eigenvalue weighted by Crippen LogP contribution is 2.63. The SMILES string of the molecule is CC[C@H]1CCCC[C@@H](C)C(=O)C2=C[C@@H]3[C@@H](c4nc(-c5ccc(O)cc5)sc4C4C[C@@H](OC(OC)C(OC)C(OC)C(OC)C(C)C)C[C@H]43)[C@@H]2CC(=O)O1. The number of methoxy groups -OCH3 is 4. The Morgan fingerprint density at radius 3 is 2.26 bits per heavy atom. The highest BCUT2D eigenvalue weighted by Gasteiger charge is 2.56. The zero-order valence-corrected chi connectivity index (χ0v) is 33.4. The quantitative estimate of drug-likeness (QED) is 0.170. The topological polar surface area (TPSA) is 123 Å². The standard InChI is InChI=1S/C42H59NO9S/c1-9-26-13-11-10-12-23(4)36(46)31-20-29-28-18-27(52-42(50-8)39(49-7)38(48-6)37(47-5)22(2)3)19-32(28)40-35(34(29)30(31)21-33(45)51-26)43-41(53-40)24-14-16-25(44)17-15-24/h14-17,20,22-23,26-30,32,34,37-39,42,44H,9-13,18-19,21H2,1-8H3/t23-,26+,27+,28+,29+,30-,32?,34-,37?,38?,39?,42?/m1/s1. The third-order valence-electron chi connectivity index (χ3n) is 12.4. The lowest BCUT2D eigenvalue weighted by molar-refractivity contribution is -0.246. The maximum Gasteiger partial charge on any atom is 0.306 e. The van der Waals surface area contributed by atoms with Crippen LogP contribution in [-0.2, 0) is 38.0 Å². The van der Waals surface area contributed by atoms with Gasteiger partial charge in [-0.1, -0.05) is 40.2 Å². The molecule has 11 heteroatoms. The van der Waals surface area contributed by atoms with Gasteiger partial charge in [-0.2, -0.15) is 0 Å². The van der Waals surface area contributed by atoms with E-state index in [1.54, 1.807) is 51.9 Å². The molecule has 12 atom stereocenters. The van der Waals surface area contributed by atoms with E-state index in [4.69, 9.17) is 33.4 Å². The van der Waals surface area contributed by atoms with Gasteiger partial charge in [-0.3, -0.25) is 9.59 Å². The number of phenols is 1. The minimum absolute atomic E-state index is 0.0108. The van der Waals surface area contributed by atoms with Crippen LogP contribution in [-0.4, -0.2) is 87.1 Å². The maximum atomic E-state index is 14.3. The average molecular weight is 754 g/mol. The second kappa shape index (κ2) is 17.4. The lowest BCUT2D eigenvalue weighted by Gasteiger charge is -2.37. The Morgan fingerprint density at radius 1 is 0.925 bits per heavy atom. The number of allylic oxidation sites excluding steroid dienone is 2. The molecule has 2 heterocycles. The summed E-state index contributed by atoms with van der Waals surface area (Å²) in [5.41, 5.74) is 2.67. The number of rotatable bonds is 12. The maximum absolute atomic E-state index is 14.3.